The van der Waals surface area contributed by atoms with Crippen LogP contribution in [0.3, 0.4) is 0 Å². The second-order valence-electron chi connectivity index (χ2n) is 3.39. The number of benzene rings is 1. The van der Waals surface area contributed by atoms with Crippen molar-refractivity contribution in [2.45, 2.75) is 0 Å². The maximum Gasteiger partial charge on any atom is 0.299 e. The van der Waals surface area contributed by atoms with Gasteiger partial charge in [-0.15, -0.1) is 0 Å². The van der Waals surface area contributed by atoms with E-state index in [0.29, 0.717) is 6.07 Å². The van der Waals surface area contributed by atoms with Crippen LogP contribution in [0.2, 0.25) is 0 Å². The molecule has 88 valence electrons. The highest BCUT2D eigenvalue weighted by atomic mass is 35.5. The molecule has 0 radical (unpaired) electrons. The van der Waals surface area contributed by atoms with E-state index in [1.165, 1.54) is 6.08 Å². The van der Waals surface area contributed by atoms with Crippen LogP contribution in [-0.4, -0.2) is 18.2 Å². The van der Waals surface area contributed by atoms with Crippen LogP contribution in [0.5, 0.6) is 0 Å². The molecule has 0 saturated heterocycles. The molecule has 1 aromatic carbocycles. The smallest absolute Gasteiger partial charge is 0.298 e. The molecule has 1 aromatic rings. The number of ketones is 1. The normalized spacial score (nSPS) is 14.9. The Balaban J connectivity index is 2.56. The third kappa shape index (κ3) is 1.82. The van der Waals surface area contributed by atoms with E-state index < -0.39 is 23.3 Å². The number of carbonyl (C=O) groups is 2. The van der Waals surface area contributed by atoms with Crippen molar-refractivity contribution in [3.63, 3.8) is 0 Å². The third-order valence-corrected chi connectivity index (χ3v) is 2.54. The molecule has 0 aromatic heterocycles. The second kappa shape index (κ2) is 4.25. The van der Waals surface area contributed by atoms with Gasteiger partial charge in [0.25, 0.3) is 11.7 Å². The Bertz CT molecular complexity index is 543. The van der Waals surface area contributed by atoms with Gasteiger partial charge in [0.2, 0.25) is 0 Å². The van der Waals surface area contributed by atoms with Gasteiger partial charge in [-0.2, -0.15) is 0 Å². The Kier molecular flexibility index (Phi) is 2.93. The summed E-state index contributed by atoms with van der Waals surface area (Å²) in [6.07, 6.45) is 1.38. The zero-order valence-corrected chi connectivity index (χ0v) is 9.17. The summed E-state index contributed by atoms with van der Waals surface area (Å²) in [6, 6.07) is 1.48. The van der Waals surface area contributed by atoms with Gasteiger partial charge in [-0.25, -0.2) is 8.78 Å². The molecule has 0 N–H and O–H groups in total. The number of fused-ring (bicyclic) bond motifs is 1. The average molecular weight is 258 g/mol. The standard InChI is InChI=1S/C11H6ClF2NO2/c12-2-1-3-15-9-7(10(16)11(15)17)4-6(13)5-8(9)14/h1-2,4-5H,3H2/b2-1+. The van der Waals surface area contributed by atoms with Gasteiger partial charge in [0.15, 0.2) is 5.82 Å². The fourth-order valence-corrected chi connectivity index (χ4v) is 1.75. The van der Waals surface area contributed by atoms with Crippen LogP contribution in [-0.2, 0) is 4.79 Å². The van der Waals surface area contributed by atoms with Gasteiger partial charge in [-0.3, -0.25) is 14.5 Å². The van der Waals surface area contributed by atoms with E-state index in [2.05, 4.69) is 0 Å². The van der Waals surface area contributed by atoms with E-state index in [-0.39, 0.29) is 17.8 Å². The molecule has 2 rings (SSSR count). The minimum absolute atomic E-state index is 0.0381. The number of amides is 1. The monoisotopic (exact) mass is 257 g/mol. The molecule has 0 bridgehead atoms. The minimum atomic E-state index is -0.942. The molecule has 1 amide bonds. The van der Waals surface area contributed by atoms with Crippen molar-refractivity contribution in [3.05, 3.63) is 40.9 Å². The zero-order valence-electron chi connectivity index (χ0n) is 8.41. The van der Waals surface area contributed by atoms with Crippen LogP contribution >= 0.6 is 11.6 Å². The third-order valence-electron chi connectivity index (χ3n) is 2.36. The molecular formula is C11H6ClF2NO2. The summed E-state index contributed by atoms with van der Waals surface area (Å²) in [4.78, 5) is 24.0. The first-order chi connectivity index (χ1) is 8.06. The van der Waals surface area contributed by atoms with Crippen LogP contribution in [0.1, 0.15) is 10.4 Å². The molecule has 0 saturated carbocycles. The number of halogens is 3. The highest BCUT2D eigenvalue weighted by Crippen LogP contribution is 2.32. The van der Waals surface area contributed by atoms with Crippen LogP contribution in [0, 0.1) is 11.6 Å². The van der Waals surface area contributed by atoms with Crippen LogP contribution in [0.4, 0.5) is 14.5 Å². The molecule has 1 heterocycles. The lowest BCUT2D eigenvalue weighted by Gasteiger charge is -2.14. The highest BCUT2D eigenvalue weighted by molar-refractivity contribution is 6.52. The number of hydrogen-bond donors (Lipinski definition) is 0. The Morgan fingerprint density at radius 3 is 2.65 bits per heavy atom. The molecule has 0 atom stereocenters. The number of rotatable bonds is 2. The highest BCUT2D eigenvalue weighted by Gasteiger charge is 2.38. The Hall–Kier alpha value is -1.75. The maximum atomic E-state index is 13.5. The van der Waals surface area contributed by atoms with E-state index in [1.54, 1.807) is 0 Å². The van der Waals surface area contributed by atoms with Gasteiger partial charge >= 0.3 is 0 Å². The first-order valence-corrected chi connectivity index (χ1v) is 5.10. The van der Waals surface area contributed by atoms with Gasteiger partial charge in [-0.05, 0) is 6.07 Å². The van der Waals surface area contributed by atoms with E-state index in [9.17, 15) is 18.4 Å². The lowest BCUT2D eigenvalue weighted by atomic mass is 10.1. The Morgan fingerprint density at radius 2 is 2.00 bits per heavy atom. The number of carbonyl (C=O) groups excluding carboxylic acids is 2. The molecule has 1 aliphatic heterocycles. The summed E-state index contributed by atoms with van der Waals surface area (Å²) in [5, 5.41) is 0. The number of hydrogen-bond acceptors (Lipinski definition) is 2. The van der Waals surface area contributed by atoms with Crippen molar-refractivity contribution in [3.8, 4) is 0 Å². The van der Waals surface area contributed by atoms with E-state index in [1.807, 2.05) is 0 Å². The van der Waals surface area contributed by atoms with E-state index in [4.69, 9.17) is 11.6 Å². The first kappa shape index (κ1) is 11.7. The van der Waals surface area contributed by atoms with Crippen molar-refractivity contribution in [1.29, 1.82) is 0 Å². The maximum absolute atomic E-state index is 13.5. The summed E-state index contributed by atoms with van der Waals surface area (Å²) in [6.45, 7) is -0.0381. The number of anilines is 1. The molecule has 1 aliphatic rings. The average Bonchev–Trinajstić information content (AvgIpc) is 2.51. The van der Waals surface area contributed by atoms with Gasteiger partial charge < -0.3 is 0 Å². The SMILES string of the molecule is O=C1C(=O)N(C/C=C/Cl)c2c(F)cc(F)cc21. The molecule has 0 aliphatic carbocycles. The van der Waals surface area contributed by atoms with Gasteiger partial charge in [0.05, 0.1) is 11.3 Å². The summed E-state index contributed by atoms with van der Waals surface area (Å²) in [5.74, 6) is -3.64. The fourth-order valence-electron chi connectivity index (χ4n) is 1.67. The van der Waals surface area contributed by atoms with E-state index in [0.717, 1.165) is 16.5 Å². The molecule has 0 spiro atoms. The van der Waals surface area contributed by atoms with Crippen LogP contribution < -0.4 is 4.90 Å². The summed E-state index contributed by atoms with van der Waals surface area (Å²) >= 11 is 5.30. The van der Waals surface area contributed by atoms with Crippen molar-refractivity contribution in [2.75, 3.05) is 11.4 Å². The largest absolute Gasteiger partial charge is 0.299 e. The lowest BCUT2D eigenvalue weighted by Crippen LogP contribution is -2.30. The zero-order chi connectivity index (χ0) is 12.6. The Morgan fingerprint density at radius 1 is 1.29 bits per heavy atom. The topological polar surface area (TPSA) is 37.4 Å². The minimum Gasteiger partial charge on any atom is -0.298 e. The predicted octanol–water partition coefficient (Wildman–Crippen LogP) is 2.25. The van der Waals surface area contributed by atoms with Crippen molar-refractivity contribution >= 4 is 29.0 Å². The van der Waals surface area contributed by atoms with Gasteiger partial charge in [-0.1, -0.05) is 17.7 Å². The van der Waals surface area contributed by atoms with Crippen LogP contribution in [0.25, 0.3) is 0 Å². The lowest BCUT2D eigenvalue weighted by molar-refractivity contribution is -0.114. The molecule has 0 fully saturated rings. The first-order valence-electron chi connectivity index (χ1n) is 4.66. The number of nitrogens with zero attached hydrogens (tertiary/aromatic N) is 1. The summed E-state index contributed by atoms with van der Waals surface area (Å²) in [5.41, 5.74) is 0.698. The molecular weight excluding hydrogens is 252 g/mol. The Labute approximate surface area is 100 Å². The quantitative estimate of drug-likeness (QED) is 0.762. The fraction of sp³-hybridized carbons (Fsp3) is 0.0909. The molecule has 6 heteroatoms. The summed E-state index contributed by atoms with van der Waals surface area (Å²) < 4.78 is 26.5. The van der Waals surface area contributed by atoms with Gasteiger partial charge in [0, 0.05) is 18.1 Å². The molecule has 0 unspecified atom stereocenters. The van der Waals surface area contributed by atoms with Crippen LogP contribution in [0.15, 0.2) is 23.7 Å². The van der Waals surface area contributed by atoms with Crippen molar-refractivity contribution in [1.82, 2.24) is 0 Å². The predicted molar refractivity (Wildman–Crippen MR) is 58.0 cm³/mol. The second-order valence-corrected chi connectivity index (χ2v) is 3.64. The molecule has 17 heavy (non-hydrogen) atoms. The van der Waals surface area contributed by atoms with E-state index >= 15 is 0 Å². The van der Waals surface area contributed by atoms with Crippen molar-refractivity contribution < 1.29 is 18.4 Å². The van der Waals surface area contributed by atoms with Gasteiger partial charge in [0.1, 0.15) is 5.82 Å². The molecule has 3 nitrogen and oxygen atoms in total. The summed E-state index contributed by atoms with van der Waals surface area (Å²) in [7, 11) is 0. The number of Topliss-reactive ketones (excluding diaryl/α,β-unsaturated/α-hetero) is 1. The van der Waals surface area contributed by atoms with Crippen molar-refractivity contribution in [2.24, 2.45) is 0 Å².